The van der Waals surface area contributed by atoms with Crippen molar-refractivity contribution in [3.05, 3.63) is 41.8 Å². The van der Waals surface area contributed by atoms with Crippen LogP contribution in [0.1, 0.15) is 34.6 Å². The lowest BCUT2D eigenvalue weighted by molar-refractivity contribution is 0.0988. The van der Waals surface area contributed by atoms with Crippen molar-refractivity contribution in [1.82, 2.24) is 0 Å². The van der Waals surface area contributed by atoms with Crippen molar-refractivity contribution in [1.29, 1.82) is 0 Å². The second kappa shape index (κ2) is 6.59. The number of primary amides is 2. The largest absolute Gasteiger partial charge is 0.366 e. The van der Waals surface area contributed by atoms with Crippen LogP contribution in [0.2, 0.25) is 0 Å². The standard InChI is InChI=1S/C8H8N2O2.C3H7/c9-7(11)5-1-2-6(4-3-5)8(10)12;1-3-2/h1-4H,(H2,9,11)(H2,10,12);3H,1-2H3. The third-order valence-electron chi connectivity index (χ3n) is 1.45. The molecule has 0 bridgehead atoms. The van der Waals surface area contributed by atoms with E-state index >= 15 is 0 Å². The smallest absolute Gasteiger partial charge is 0.248 e. The van der Waals surface area contributed by atoms with Gasteiger partial charge in [0.25, 0.3) is 0 Å². The monoisotopic (exact) mass is 207 g/mol. The average molecular weight is 207 g/mol. The molecule has 4 nitrogen and oxygen atoms in total. The van der Waals surface area contributed by atoms with E-state index in [1.54, 1.807) is 0 Å². The molecule has 2 amide bonds. The molecule has 1 aromatic rings. The van der Waals surface area contributed by atoms with Crippen LogP contribution in [-0.4, -0.2) is 11.8 Å². The molecular formula is C11H15N2O2. The first-order valence-electron chi connectivity index (χ1n) is 4.46. The first kappa shape index (κ1) is 13.2. The Balaban J connectivity index is 0.000000583. The summed E-state index contributed by atoms with van der Waals surface area (Å²) in [6.07, 6.45) is 2.00. The molecule has 0 atom stereocenters. The van der Waals surface area contributed by atoms with Crippen LogP contribution in [0.25, 0.3) is 0 Å². The fourth-order valence-electron chi connectivity index (χ4n) is 0.799. The molecule has 0 aromatic heterocycles. The molecule has 15 heavy (non-hydrogen) atoms. The molecule has 0 saturated carbocycles. The fourth-order valence-corrected chi connectivity index (χ4v) is 0.799. The van der Waals surface area contributed by atoms with Crippen molar-refractivity contribution in [2.45, 2.75) is 13.8 Å². The Kier molecular flexibility index (Phi) is 5.78. The van der Waals surface area contributed by atoms with Crippen LogP contribution in [-0.2, 0) is 0 Å². The number of carbonyl (C=O) groups excluding carboxylic acids is 2. The van der Waals surface area contributed by atoms with Gasteiger partial charge < -0.3 is 11.5 Å². The number of benzene rings is 1. The van der Waals surface area contributed by atoms with Gasteiger partial charge in [-0.25, -0.2) is 0 Å². The molecule has 4 heteroatoms. The van der Waals surface area contributed by atoms with Crippen molar-refractivity contribution in [2.75, 3.05) is 0 Å². The van der Waals surface area contributed by atoms with Gasteiger partial charge in [-0.15, -0.1) is 0 Å². The van der Waals surface area contributed by atoms with Gasteiger partial charge in [0.1, 0.15) is 0 Å². The minimum absolute atomic E-state index is 0.361. The van der Waals surface area contributed by atoms with E-state index < -0.39 is 11.8 Å². The topological polar surface area (TPSA) is 86.2 Å². The molecule has 1 aromatic carbocycles. The highest BCUT2D eigenvalue weighted by molar-refractivity contribution is 5.96. The van der Waals surface area contributed by atoms with Crippen molar-refractivity contribution in [3.8, 4) is 0 Å². The quantitative estimate of drug-likeness (QED) is 0.761. The van der Waals surface area contributed by atoms with Gasteiger partial charge in [0, 0.05) is 11.1 Å². The maximum atomic E-state index is 10.6. The molecule has 1 radical (unpaired) electrons. The predicted molar refractivity (Wildman–Crippen MR) is 59.1 cm³/mol. The van der Waals surface area contributed by atoms with Crippen LogP contribution >= 0.6 is 0 Å². The van der Waals surface area contributed by atoms with Gasteiger partial charge in [0.05, 0.1) is 0 Å². The van der Waals surface area contributed by atoms with E-state index in [9.17, 15) is 9.59 Å². The molecule has 81 valence electrons. The minimum atomic E-state index is -0.522. The van der Waals surface area contributed by atoms with Gasteiger partial charge >= 0.3 is 0 Å². The van der Waals surface area contributed by atoms with E-state index in [0.29, 0.717) is 11.1 Å². The summed E-state index contributed by atoms with van der Waals surface area (Å²) >= 11 is 0. The van der Waals surface area contributed by atoms with Crippen LogP contribution in [0.5, 0.6) is 0 Å². The number of hydrogen-bond acceptors (Lipinski definition) is 2. The highest BCUT2D eigenvalue weighted by Gasteiger charge is 2.02. The number of amides is 2. The summed E-state index contributed by atoms with van der Waals surface area (Å²) in [7, 11) is 0. The molecule has 0 aliphatic heterocycles. The van der Waals surface area contributed by atoms with Crippen molar-refractivity contribution < 1.29 is 9.59 Å². The van der Waals surface area contributed by atoms with Gasteiger partial charge in [-0.1, -0.05) is 13.8 Å². The highest BCUT2D eigenvalue weighted by Crippen LogP contribution is 2.02. The Hall–Kier alpha value is -1.84. The molecule has 0 aliphatic rings. The minimum Gasteiger partial charge on any atom is -0.366 e. The summed E-state index contributed by atoms with van der Waals surface area (Å²) in [5.41, 5.74) is 10.7. The third kappa shape index (κ3) is 4.81. The lowest BCUT2D eigenvalue weighted by Gasteiger charge is -1.96. The summed E-state index contributed by atoms with van der Waals surface area (Å²) < 4.78 is 0. The Labute approximate surface area is 89.3 Å². The average Bonchev–Trinajstić information content (AvgIpc) is 2.19. The Morgan fingerprint density at radius 3 is 1.27 bits per heavy atom. The van der Waals surface area contributed by atoms with E-state index in [4.69, 9.17) is 11.5 Å². The highest BCUT2D eigenvalue weighted by atomic mass is 16.1. The van der Waals surface area contributed by atoms with Gasteiger partial charge in [-0.3, -0.25) is 9.59 Å². The zero-order valence-electron chi connectivity index (χ0n) is 8.86. The SMILES string of the molecule is C[CH]C.NC(=O)c1ccc(C(N)=O)cc1. The van der Waals surface area contributed by atoms with E-state index in [1.165, 1.54) is 24.3 Å². The van der Waals surface area contributed by atoms with Gasteiger partial charge in [0.15, 0.2) is 0 Å². The molecule has 0 unspecified atom stereocenters. The third-order valence-corrected chi connectivity index (χ3v) is 1.45. The van der Waals surface area contributed by atoms with Crippen molar-refractivity contribution in [2.24, 2.45) is 11.5 Å². The fraction of sp³-hybridized carbons (Fsp3) is 0.182. The van der Waals surface area contributed by atoms with E-state index in [0.717, 1.165) is 0 Å². The van der Waals surface area contributed by atoms with E-state index in [1.807, 2.05) is 20.3 Å². The molecular weight excluding hydrogens is 192 g/mol. The van der Waals surface area contributed by atoms with Crippen LogP contribution in [0.4, 0.5) is 0 Å². The molecule has 1 rings (SSSR count). The van der Waals surface area contributed by atoms with E-state index in [-0.39, 0.29) is 0 Å². The number of carbonyl (C=O) groups is 2. The summed E-state index contributed by atoms with van der Waals surface area (Å²) in [5.74, 6) is -1.04. The van der Waals surface area contributed by atoms with E-state index in [2.05, 4.69) is 0 Å². The summed E-state index contributed by atoms with van der Waals surface area (Å²) in [6.45, 7) is 4.00. The molecule has 4 N–H and O–H groups in total. The van der Waals surface area contributed by atoms with Crippen LogP contribution in [0.3, 0.4) is 0 Å². The van der Waals surface area contributed by atoms with Gasteiger partial charge in [-0.2, -0.15) is 0 Å². The Bertz CT molecular complexity index is 298. The molecule has 0 fully saturated rings. The second-order valence-corrected chi connectivity index (χ2v) is 2.88. The molecule has 0 aliphatic carbocycles. The molecule has 0 heterocycles. The maximum absolute atomic E-state index is 10.6. The van der Waals surface area contributed by atoms with Crippen LogP contribution in [0.15, 0.2) is 24.3 Å². The first-order chi connectivity index (χ1) is 7.02. The maximum Gasteiger partial charge on any atom is 0.248 e. The van der Waals surface area contributed by atoms with Gasteiger partial charge in [-0.05, 0) is 30.7 Å². The summed E-state index contributed by atoms with van der Waals surface area (Å²) in [5, 5.41) is 0. The number of nitrogens with two attached hydrogens (primary N) is 2. The lowest BCUT2D eigenvalue weighted by atomic mass is 10.1. The number of hydrogen-bond donors (Lipinski definition) is 2. The molecule has 0 saturated heterocycles. The summed E-state index contributed by atoms with van der Waals surface area (Å²) in [4.78, 5) is 21.2. The summed E-state index contributed by atoms with van der Waals surface area (Å²) in [6, 6.07) is 5.84. The zero-order valence-corrected chi connectivity index (χ0v) is 8.86. The normalized spacial score (nSPS) is 8.67. The van der Waals surface area contributed by atoms with Crippen molar-refractivity contribution in [3.63, 3.8) is 0 Å². The zero-order chi connectivity index (χ0) is 11.8. The van der Waals surface area contributed by atoms with Crippen LogP contribution < -0.4 is 11.5 Å². The first-order valence-corrected chi connectivity index (χ1v) is 4.46. The Morgan fingerprint density at radius 1 is 0.933 bits per heavy atom. The van der Waals surface area contributed by atoms with Gasteiger partial charge in [0.2, 0.25) is 11.8 Å². The second-order valence-electron chi connectivity index (χ2n) is 2.88. The molecule has 0 spiro atoms. The van der Waals surface area contributed by atoms with Crippen LogP contribution in [0, 0.1) is 6.42 Å². The Morgan fingerprint density at radius 2 is 1.13 bits per heavy atom. The van der Waals surface area contributed by atoms with Crippen molar-refractivity contribution >= 4 is 11.8 Å². The lowest BCUT2D eigenvalue weighted by Crippen LogP contribution is -2.13. The predicted octanol–water partition coefficient (Wildman–Crippen LogP) is 1.11. The number of rotatable bonds is 2.